The van der Waals surface area contributed by atoms with Gasteiger partial charge in [-0.1, -0.05) is 20.3 Å². The van der Waals surface area contributed by atoms with Crippen molar-refractivity contribution in [3.63, 3.8) is 0 Å². The fraction of sp³-hybridized carbons (Fsp3) is 0.909. The Balaban J connectivity index is 2.72. The molecule has 6 heteroatoms. The summed E-state index contributed by atoms with van der Waals surface area (Å²) in [6.45, 7) is 4.25. The van der Waals surface area contributed by atoms with Crippen molar-refractivity contribution < 1.29 is 18.3 Å². The molecule has 1 fully saturated rings. The molecule has 1 N–H and O–H groups in total. The smallest absolute Gasteiger partial charge is 0.322 e. The number of rotatable bonds is 6. The second-order valence-electron chi connectivity index (χ2n) is 4.78. The molecule has 17 heavy (non-hydrogen) atoms. The van der Waals surface area contributed by atoms with Crippen LogP contribution in [0.5, 0.6) is 0 Å². The minimum atomic E-state index is -3.42. The lowest BCUT2D eigenvalue weighted by atomic mass is 10.1. The first-order valence-corrected chi connectivity index (χ1v) is 7.71. The Morgan fingerprint density at radius 1 is 1.53 bits per heavy atom. The van der Waals surface area contributed by atoms with E-state index in [1.165, 1.54) is 4.31 Å². The van der Waals surface area contributed by atoms with Gasteiger partial charge in [-0.25, -0.2) is 8.42 Å². The van der Waals surface area contributed by atoms with E-state index in [-0.39, 0.29) is 11.7 Å². The maximum absolute atomic E-state index is 12.1. The minimum Gasteiger partial charge on any atom is -0.480 e. The van der Waals surface area contributed by atoms with Gasteiger partial charge in [-0.3, -0.25) is 4.79 Å². The molecule has 1 saturated heterocycles. The summed E-state index contributed by atoms with van der Waals surface area (Å²) in [5, 5.41) is 8.98. The van der Waals surface area contributed by atoms with Crippen molar-refractivity contribution >= 4 is 16.0 Å². The van der Waals surface area contributed by atoms with E-state index in [4.69, 9.17) is 5.11 Å². The highest BCUT2D eigenvalue weighted by molar-refractivity contribution is 7.89. The summed E-state index contributed by atoms with van der Waals surface area (Å²) in [6.07, 6.45) is 2.86. The number of nitrogens with zero attached hydrogens (tertiary/aromatic N) is 1. The summed E-state index contributed by atoms with van der Waals surface area (Å²) in [5.74, 6) is -0.890. The molecule has 0 spiro atoms. The highest BCUT2D eigenvalue weighted by atomic mass is 32.2. The summed E-state index contributed by atoms with van der Waals surface area (Å²) in [4.78, 5) is 11.0. The molecule has 0 aliphatic carbocycles. The number of carboxylic acid groups (broad SMARTS) is 1. The van der Waals surface area contributed by atoms with Crippen LogP contribution in [0, 0.1) is 5.92 Å². The number of hydrogen-bond donors (Lipinski definition) is 1. The maximum atomic E-state index is 12.1. The first kappa shape index (κ1) is 14.4. The third-order valence-corrected chi connectivity index (χ3v) is 5.26. The Morgan fingerprint density at radius 3 is 2.71 bits per heavy atom. The van der Waals surface area contributed by atoms with Crippen LogP contribution in [0.3, 0.4) is 0 Å². The first-order chi connectivity index (χ1) is 7.88. The minimum absolute atomic E-state index is 0.0601. The summed E-state index contributed by atoms with van der Waals surface area (Å²) in [7, 11) is -3.42. The van der Waals surface area contributed by atoms with Crippen LogP contribution < -0.4 is 0 Å². The molecule has 1 aliphatic rings. The van der Waals surface area contributed by atoms with E-state index in [0.717, 1.165) is 12.8 Å². The molecule has 2 atom stereocenters. The van der Waals surface area contributed by atoms with E-state index in [1.54, 1.807) is 0 Å². The fourth-order valence-electron chi connectivity index (χ4n) is 2.35. The van der Waals surface area contributed by atoms with Crippen LogP contribution in [-0.4, -0.2) is 42.1 Å². The second kappa shape index (κ2) is 5.82. The average Bonchev–Trinajstić information content (AvgIpc) is 2.65. The first-order valence-electron chi connectivity index (χ1n) is 6.10. The summed E-state index contributed by atoms with van der Waals surface area (Å²) >= 11 is 0. The van der Waals surface area contributed by atoms with E-state index in [0.29, 0.717) is 19.4 Å². The molecule has 5 nitrogen and oxygen atoms in total. The lowest BCUT2D eigenvalue weighted by Crippen LogP contribution is -2.42. The molecular weight excluding hydrogens is 242 g/mol. The predicted molar refractivity (Wildman–Crippen MR) is 65.2 cm³/mol. The van der Waals surface area contributed by atoms with E-state index in [2.05, 4.69) is 0 Å². The zero-order valence-corrected chi connectivity index (χ0v) is 11.2. The second-order valence-corrected chi connectivity index (χ2v) is 6.75. The average molecular weight is 263 g/mol. The predicted octanol–water partition coefficient (Wildman–Crippen LogP) is 1.30. The third-order valence-electron chi connectivity index (χ3n) is 3.12. The van der Waals surface area contributed by atoms with Crippen molar-refractivity contribution in [3.05, 3.63) is 0 Å². The van der Waals surface area contributed by atoms with Gasteiger partial charge in [-0.05, 0) is 25.2 Å². The van der Waals surface area contributed by atoms with Crippen LogP contribution in [0.25, 0.3) is 0 Å². The van der Waals surface area contributed by atoms with E-state index in [9.17, 15) is 13.2 Å². The van der Waals surface area contributed by atoms with Crippen LogP contribution in [0.1, 0.15) is 39.5 Å². The van der Waals surface area contributed by atoms with Crippen molar-refractivity contribution in [2.45, 2.75) is 45.6 Å². The van der Waals surface area contributed by atoms with Crippen LogP contribution >= 0.6 is 0 Å². The topological polar surface area (TPSA) is 74.7 Å². The van der Waals surface area contributed by atoms with E-state index < -0.39 is 22.0 Å². The summed E-state index contributed by atoms with van der Waals surface area (Å²) in [6, 6.07) is -0.853. The summed E-state index contributed by atoms with van der Waals surface area (Å²) in [5.41, 5.74) is 0. The van der Waals surface area contributed by atoms with Crippen LogP contribution in [-0.2, 0) is 14.8 Å². The molecule has 0 bridgehead atoms. The van der Waals surface area contributed by atoms with Gasteiger partial charge >= 0.3 is 5.97 Å². The summed E-state index contributed by atoms with van der Waals surface area (Å²) < 4.78 is 25.4. The Morgan fingerprint density at radius 2 is 2.18 bits per heavy atom. The Bertz CT molecular complexity index is 366. The molecule has 1 heterocycles. The van der Waals surface area contributed by atoms with Gasteiger partial charge in [0.1, 0.15) is 6.04 Å². The zero-order valence-electron chi connectivity index (χ0n) is 10.4. The highest BCUT2D eigenvalue weighted by Gasteiger charge is 2.38. The van der Waals surface area contributed by atoms with Gasteiger partial charge in [0.25, 0.3) is 0 Å². The third kappa shape index (κ3) is 3.67. The number of sulfonamides is 1. The van der Waals surface area contributed by atoms with Gasteiger partial charge in [0.05, 0.1) is 5.75 Å². The van der Waals surface area contributed by atoms with Gasteiger partial charge in [0.15, 0.2) is 0 Å². The maximum Gasteiger partial charge on any atom is 0.322 e. The molecule has 0 aromatic heterocycles. The molecule has 1 rings (SSSR count). The van der Waals surface area contributed by atoms with Crippen LogP contribution in [0.4, 0.5) is 0 Å². The van der Waals surface area contributed by atoms with Crippen molar-refractivity contribution in [1.82, 2.24) is 4.31 Å². The van der Waals surface area contributed by atoms with Gasteiger partial charge in [-0.15, -0.1) is 0 Å². The number of hydrogen-bond acceptors (Lipinski definition) is 3. The monoisotopic (exact) mass is 263 g/mol. The van der Waals surface area contributed by atoms with Gasteiger partial charge < -0.3 is 5.11 Å². The lowest BCUT2D eigenvalue weighted by Gasteiger charge is -2.22. The van der Waals surface area contributed by atoms with Crippen molar-refractivity contribution in [2.75, 3.05) is 12.3 Å². The Kier molecular flexibility index (Phi) is 4.94. The van der Waals surface area contributed by atoms with Gasteiger partial charge in [-0.2, -0.15) is 4.31 Å². The quantitative estimate of drug-likeness (QED) is 0.784. The van der Waals surface area contributed by atoms with Crippen molar-refractivity contribution in [2.24, 2.45) is 5.92 Å². The fourth-order valence-corrected chi connectivity index (χ4v) is 4.42. The number of carboxylic acids is 1. The highest BCUT2D eigenvalue weighted by Crippen LogP contribution is 2.23. The van der Waals surface area contributed by atoms with E-state index in [1.807, 2.05) is 13.8 Å². The molecule has 1 aliphatic heterocycles. The molecule has 0 saturated carbocycles. The van der Waals surface area contributed by atoms with Crippen molar-refractivity contribution in [1.29, 1.82) is 0 Å². The Labute approximate surface area is 103 Å². The lowest BCUT2D eigenvalue weighted by molar-refractivity contribution is -0.140. The Hall–Kier alpha value is -0.620. The molecular formula is C11H21NO4S. The van der Waals surface area contributed by atoms with Crippen molar-refractivity contribution in [3.8, 4) is 0 Å². The van der Waals surface area contributed by atoms with E-state index >= 15 is 0 Å². The van der Waals surface area contributed by atoms with Gasteiger partial charge in [0.2, 0.25) is 10.0 Å². The molecule has 0 radical (unpaired) electrons. The number of aliphatic carboxylic acids is 1. The zero-order chi connectivity index (χ0) is 13.1. The van der Waals surface area contributed by atoms with Crippen LogP contribution in [0.15, 0.2) is 0 Å². The largest absolute Gasteiger partial charge is 0.480 e. The molecule has 0 aromatic rings. The standard InChI is InChI=1S/C11H21NO4S/c1-3-5-9(2)8-17(15,16)12-7-4-6-10(12)11(13)14/h9-10H,3-8H2,1-2H3,(H,13,14)/t9?,10-/m1/s1. The van der Waals surface area contributed by atoms with Gasteiger partial charge in [0, 0.05) is 6.54 Å². The molecule has 1 unspecified atom stereocenters. The normalized spacial score (nSPS) is 23.8. The molecule has 0 aromatic carbocycles. The van der Waals surface area contributed by atoms with Crippen LogP contribution in [0.2, 0.25) is 0 Å². The number of carbonyl (C=O) groups is 1. The molecule has 0 amide bonds. The SMILES string of the molecule is CCCC(C)CS(=O)(=O)N1CCC[C@@H]1C(=O)O. The molecule has 100 valence electrons.